The van der Waals surface area contributed by atoms with Crippen LogP contribution >= 0.6 is 0 Å². The molecule has 0 amide bonds. The molecule has 18 heavy (non-hydrogen) atoms. The van der Waals surface area contributed by atoms with Crippen LogP contribution in [0.1, 0.15) is 20.8 Å². The van der Waals surface area contributed by atoms with Crippen molar-refractivity contribution < 1.29 is 5.11 Å². The fourth-order valence-electron chi connectivity index (χ4n) is 1.21. The third-order valence-corrected chi connectivity index (χ3v) is 5.39. The van der Waals surface area contributed by atoms with Crippen LogP contribution in [-0.2, 0) is 0 Å². The molecule has 0 fully saturated rings. The van der Waals surface area contributed by atoms with Crippen LogP contribution in [0.5, 0.6) is 0 Å². The zero-order valence-electron chi connectivity index (χ0n) is 11.2. The summed E-state index contributed by atoms with van der Waals surface area (Å²) in [6, 6.07) is 21.6. The summed E-state index contributed by atoms with van der Waals surface area (Å²) in [7, 11) is 0. The van der Waals surface area contributed by atoms with E-state index in [2.05, 4.69) is 60.7 Å². The molecule has 1 N–H and O–H groups in total. The van der Waals surface area contributed by atoms with Crippen molar-refractivity contribution in [3.8, 4) is 0 Å². The van der Waals surface area contributed by atoms with Gasteiger partial charge in [-0.1, -0.05) is 0 Å². The number of hydrogen-bond acceptors (Lipinski definition) is 1. The van der Waals surface area contributed by atoms with Gasteiger partial charge in [0.05, 0.1) is 5.60 Å². The van der Waals surface area contributed by atoms with Crippen molar-refractivity contribution in [3.63, 3.8) is 0 Å². The van der Waals surface area contributed by atoms with Crippen LogP contribution in [0.4, 0.5) is 0 Å². The topological polar surface area (TPSA) is 20.2 Å². The van der Waals surface area contributed by atoms with Crippen LogP contribution < -0.4 is 7.16 Å². The van der Waals surface area contributed by atoms with Gasteiger partial charge in [-0.15, -0.1) is 0 Å². The first kappa shape index (κ1) is 15.3. The Morgan fingerprint density at radius 1 is 0.722 bits per heavy atom. The molecule has 0 heterocycles. The Hall–Kier alpha value is -0.801. The molecule has 0 aliphatic rings. The van der Waals surface area contributed by atoms with Crippen LogP contribution in [-0.4, -0.2) is 31.8 Å². The molecule has 2 aromatic carbocycles. The van der Waals surface area contributed by atoms with Gasteiger partial charge in [-0.25, -0.2) is 0 Å². The van der Waals surface area contributed by atoms with Gasteiger partial charge in [0.15, 0.2) is 0 Å². The van der Waals surface area contributed by atoms with Crippen LogP contribution in [0.25, 0.3) is 0 Å². The summed E-state index contributed by atoms with van der Waals surface area (Å²) in [6.07, 6.45) is 0. The summed E-state index contributed by atoms with van der Waals surface area (Å²) in [5.74, 6) is 0. The molecule has 1 nitrogen and oxygen atoms in total. The summed E-state index contributed by atoms with van der Waals surface area (Å²) in [4.78, 5) is 0. The first-order chi connectivity index (χ1) is 8.45. The fraction of sp³-hybridized carbons (Fsp3) is 0.250. The molecule has 0 aliphatic carbocycles. The normalized spacial score (nSPS) is 10.4. The van der Waals surface area contributed by atoms with Crippen LogP contribution in [0.2, 0.25) is 0 Å². The molecule has 0 aromatic heterocycles. The maximum absolute atomic E-state index is 8.52. The molecule has 2 aromatic rings. The fourth-order valence-corrected chi connectivity index (χ4v) is 4.21. The number of aliphatic hydroxyl groups is 1. The minimum absolute atomic E-state index is 0.500. The van der Waals surface area contributed by atoms with E-state index in [0.29, 0.717) is 0 Å². The average Bonchev–Trinajstić information content (AvgIpc) is 2.29. The average molecular weight is 347 g/mol. The number of hydrogen-bond donors (Lipinski definition) is 1. The van der Waals surface area contributed by atoms with Gasteiger partial charge in [0.1, 0.15) is 0 Å². The predicted octanol–water partition coefficient (Wildman–Crippen LogP) is 2.12. The third kappa shape index (κ3) is 8.31. The Morgan fingerprint density at radius 2 is 1.00 bits per heavy atom. The Morgan fingerprint density at radius 3 is 1.28 bits per heavy atom. The van der Waals surface area contributed by atoms with Gasteiger partial charge in [0, 0.05) is 0 Å². The standard InChI is InChI=1S/2C6H5.C4H10O.Sn/c2*1-2-4-6-5-3-1;1-4(2,3)5;/h2*1-5H;5H,1-3H3;. The van der Waals surface area contributed by atoms with E-state index in [1.165, 1.54) is 7.16 Å². The van der Waals surface area contributed by atoms with E-state index in [0.717, 1.165) is 0 Å². The SMILES string of the molecule is CC(C)(C)O.c1cc[c]([Sn][c]2ccccc2)cc1. The van der Waals surface area contributed by atoms with E-state index >= 15 is 0 Å². The molecule has 2 heteroatoms. The quantitative estimate of drug-likeness (QED) is 0.826. The maximum atomic E-state index is 8.52. The van der Waals surface area contributed by atoms with Crippen LogP contribution in [0.3, 0.4) is 0 Å². The first-order valence-corrected chi connectivity index (χ1v) is 8.90. The molecule has 0 aliphatic heterocycles. The first-order valence-electron chi connectivity index (χ1n) is 6.04. The molecule has 94 valence electrons. The molecule has 0 saturated carbocycles. The van der Waals surface area contributed by atoms with Crippen molar-refractivity contribution in [2.24, 2.45) is 0 Å². The van der Waals surface area contributed by atoms with E-state index < -0.39 is 26.7 Å². The van der Waals surface area contributed by atoms with Crippen LogP contribution in [0, 0.1) is 0 Å². The molecule has 2 rings (SSSR count). The monoisotopic (exact) mass is 348 g/mol. The molecular formula is C16H20OSn. The minimum atomic E-state index is -0.517. The molecule has 0 saturated heterocycles. The van der Waals surface area contributed by atoms with Gasteiger partial charge in [0.25, 0.3) is 0 Å². The summed E-state index contributed by atoms with van der Waals surface area (Å²) in [5, 5.41) is 8.52. The summed E-state index contributed by atoms with van der Waals surface area (Å²) >= 11 is -0.517. The van der Waals surface area contributed by atoms with Gasteiger partial charge in [-0.2, -0.15) is 0 Å². The predicted molar refractivity (Wildman–Crippen MR) is 79.9 cm³/mol. The van der Waals surface area contributed by atoms with Gasteiger partial charge >= 0.3 is 89.0 Å². The van der Waals surface area contributed by atoms with E-state index in [1.54, 1.807) is 20.8 Å². The van der Waals surface area contributed by atoms with Gasteiger partial charge < -0.3 is 5.11 Å². The second-order valence-corrected chi connectivity index (χ2v) is 9.04. The van der Waals surface area contributed by atoms with Gasteiger partial charge in [-0.3, -0.25) is 0 Å². The summed E-state index contributed by atoms with van der Waals surface area (Å²) in [6.45, 7) is 5.23. The molecule has 0 bridgehead atoms. The van der Waals surface area contributed by atoms with Crippen molar-refractivity contribution in [1.29, 1.82) is 0 Å². The van der Waals surface area contributed by atoms with E-state index in [1.807, 2.05) is 0 Å². The number of benzene rings is 2. The van der Waals surface area contributed by atoms with Crippen molar-refractivity contribution in [2.75, 3.05) is 0 Å². The van der Waals surface area contributed by atoms with Crippen molar-refractivity contribution in [1.82, 2.24) is 0 Å². The zero-order chi connectivity index (χ0) is 13.4. The molecular weight excluding hydrogens is 327 g/mol. The molecule has 2 radical (unpaired) electrons. The third-order valence-electron chi connectivity index (χ3n) is 1.84. The second kappa shape index (κ2) is 7.59. The van der Waals surface area contributed by atoms with Crippen molar-refractivity contribution >= 4 is 28.3 Å². The van der Waals surface area contributed by atoms with E-state index in [9.17, 15) is 0 Å². The van der Waals surface area contributed by atoms with Gasteiger partial charge in [-0.05, 0) is 20.8 Å². The van der Waals surface area contributed by atoms with Crippen molar-refractivity contribution in [2.45, 2.75) is 26.4 Å². The molecule has 0 unspecified atom stereocenters. The van der Waals surface area contributed by atoms with Crippen molar-refractivity contribution in [3.05, 3.63) is 60.7 Å². The van der Waals surface area contributed by atoms with Crippen LogP contribution in [0.15, 0.2) is 60.7 Å². The summed E-state index contributed by atoms with van der Waals surface area (Å²) < 4.78 is 3.08. The summed E-state index contributed by atoms with van der Waals surface area (Å²) in [5.41, 5.74) is -0.500. The Balaban J connectivity index is 0.000000280. The van der Waals surface area contributed by atoms with E-state index in [-0.39, 0.29) is 0 Å². The molecule has 0 atom stereocenters. The zero-order valence-corrected chi connectivity index (χ0v) is 14.1. The Kier molecular flexibility index (Phi) is 6.44. The van der Waals surface area contributed by atoms with Gasteiger partial charge in [0.2, 0.25) is 0 Å². The van der Waals surface area contributed by atoms with E-state index in [4.69, 9.17) is 5.11 Å². The Labute approximate surface area is 120 Å². The second-order valence-electron chi connectivity index (χ2n) is 5.03. The molecule has 0 spiro atoms. The number of rotatable bonds is 2. The Bertz CT molecular complexity index is 388.